The van der Waals surface area contributed by atoms with E-state index >= 15 is 4.11 Å². The predicted octanol–water partition coefficient (Wildman–Crippen LogP) is -1.95. The molecule has 37 heteroatoms. The summed E-state index contributed by atoms with van der Waals surface area (Å²) in [7, 11) is -3.74. The van der Waals surface area contributed by atoms with Crippen LogP contribution in [0.15, 0.2) is 24.3 Å². The Morgan fingerprint density at radius 1 is 0.412 bits per heavy atom. The lowest BCUT2D eigenvalue weighted by molar-refractivity contribution is -0.143. The Bertz CT molecular complexity index is 2870. The van der Waals surface area contributed by atoms with E-state index in [1.807, 2.05) is 52.2 Å². The first-order valence-corrected chi connectivity index (χ1v) is 33.4. The Kier molecular flexibility index (Phi) is 35.8. The van der Waals surface area contributed by atoms with Crippen molar-refractivity contribution < 1.29 is 117 Å². The second-order valence-corrected chi connectivity index (χ2v) is 30.3. The van der Waals surface area contributed by atoms with E-state index in [2.05, 4.69) is 31.9 Å². The highest BCUT2D eigenvalue weighted by Gasteiger charge is 2.56. The second kappa shape index (κ2) is 41.2. The molecule has 8 amide bonds. The van der Waals surface area contributed by atoms with Crippen LogP contribution in [-0.2, 0) is 62.3 Å². The van der Waals surface area contributed by atoms with Crippen LogP contribution in [0.5, 0.6) is 0 Å². The van der Waals surface area contributed by atoms with Gasteiger partial charge in [-0.2, -0.15) is 0 Å². The lowest BCUT2D eigenvalue weighted by Gasteiger charge is -2.44. The molecule has 0 bridgehead atoms. The highest BCUT2D eigenvalue weighted by Crippen LogP contribution is 2.51. The van der Waals surface area contributed by atoms with E-state index in [9.17, 15) is 108 Å². The summed E-state index contributed by atoms with van der Waals surface area (Å²) in [5, 5.41) is 94.0. The molecule has 16 N–H and O–H groups in total. The van der Waals surface area contributed by atoms with Gasteiger partial charge < -0.3 is 87.5 Å². The number of rotatable bonds is 40. The van der Waals surface area contributed by atoms with Crippen molar-refractivity contribution in [3.05, 3.63) is 29.8 Å². The van der Waals surface area contributed by atoms with Gasteiger partial charge in [-0.25, -0.2) is 24.0 Å². The number of unbranched alkanes of at least 4 members (excludes halogenated alkanes) is 1. The van der Waals surface area contributed by atoms with E-state index in [4.69, 9.17) is 5.11 Å². The minimum atomic E-state index is -3.74. The van der Waals surface area contributed by atoms with E-state index < -0.39 is 190 Å². The van der Waals surface area contributed by atoms with Crippen LogP contribution < -0.4 is 47.7 Å². The maximum absolute atomic E-state index is 17.1. The van der Waals surface area contributed by atoms with Crippen LogP contribution in [0.1, 0.15) is 123 Å². The van der Waals surface area contributed by atoms with Crippen molar-refractivity contribution in [2.24, 2.45) is 0 Å². The van der Waals surface area contributed by atoms with Gasteiger partial charge in [-0.3, -0.25) is 67.5 Å². The monoisotopic (exact) mass is 1400 g/mol. The van der Waals surface area contributed by atoms with Gasteiger partial charge in [0.25, 0.3) is 14.3 Å². The van der Waals surface area contributed by atoms with Gasteiger partial charge in [-0.05, 0) is 72.3 Å². The highest BCUT2D eigenvalue weighted by molar-refractivity contribution is 6.90. The quantitative estimate of drug-likeness (QED) is 0.0193. The molecule has 2 rings (SSSR count). The smallest absolute Gasteiger partial charge is 0.326 e. The Labute approximate surface area is 560 Å². The molecule has 1 aliphatic rings. The van der Waals surface area contributed by atoms with Crippen LogP contribution in [0, 0.1) is 0 Å². The van der Waals surface area contributed by atoms with E-state index in [0.717, 1.165) is 0 Å². The molecule has 0 aliphatic carbocycles. The fraction of sp³-hybridized carbons (Fsp3) is 0.650. The number of amides is 8. The summed E-state index contributed by atoms with van der Waals surface area (Å²) in [5.41, 5.74) is 0.0755. The molecule has 1 fully saturated rings. The average molecular weight is 1400 g/mol. The number of carboxylic acid groups (broad SMARTS) is 8. The molecule has 1 aliphatic heterocycles. The van der Waals surface area contributed by atoms with Gasteiger partial charge in [-0.1, -0.05) is 53.7 Å². The minimum Gasteiger partial charge on any atom is -0.481 e. The molecule has 1 saturated heterocycles. The zero-order chi connectivity index (χ0) is 73.4. The van der Waals surface area contributed by atoms with Gasteiger partial charge in [0.15, 0.2) is 0 Å². The largest absolute Gasteiger partial charge is 0.481 e. The lowest BCUT2D eigenvalue weighted by atomic mass is 10.1. The molecule has 0 saturated carbocycles. The molecule has 97 heavy (non-hydrogen) atoms. The topological polar surface area (TPSA) is 527 Å². The van der Waals surface area contributed by atoms with Crippen LogP contribution >= 0.6 is 0 Å². The Hall–Kier alpha value is -8.94. The Balaban J connectivity index is 2.11. The van der Waals surface area contributed by atoms with Crippen LogP contribution in [0.3, 0.4) is 0 Å². The number of carboxylic acids is 8. The van der Waals surface area contributed by atoms with Crippen molar-refractivity contribution in [3.63, 3.8) is 0 Å². The number of carbonyl (C=O) groups is 15. The molecule has 0 radical (unpaired) electrons. The second-order valence-electron chi connectivity index (χ2n) is 25.4. The third-order valence-corrected chi connectivity index (χ3v) is 20.9. The Morgan fingerprint density at radius 3 is 1.19 bits per heavy atom. The van der Waals surface area contributed by atoms with Crippen molar-refractivity contribution in [3.8, 4) is 0 Å². The summed E-state index contributed by atoms with van der Waals surface area (Å²) in [6.45, 7) is 9.06. The Morgan fingerprint density at radius 2 is 0.784 bits per heavy atom. The first-order valence-electron chi connectivity index (χ1n) is 31.5. The van der Waals surface area contributed by atoms with Crippen LogP contribution in [-0.4, -0.2) is 286 Å². The molecule has 0 unspecified atom stereocenters. The number of benzene rings is 1. The molecular formula is C60H95FN12O23Si. The third kappa shape index (κ3) is 32.1. The summed E-state index contributed by atoms with van der Waals surface area (Å²) in [4.78, 5) is 192. The maximum Gasteiger partial charge on any atom is 0.326 e. The van der Waals surface area contributed by atoms with Crippen LogP contribution in [0.25, 0.3) is 0 Å². The first kappa shape index (κ1) is 84.1. The van der Waals surface area contributed by atoms with Crippen molar-refractivity contribution >= 4 is 103 Å². The van der Waals surface area contributed by atoms with E-state index in [1.165, 1.54) is 34.1 Å². The SMILES string of the molecule is CC(C)(C)[Si](F)(c1ccc(C(=O)NC[C@@H](NC(=O)CN2CCN(CC(=O)O)CCN(CC(=O)O)CCN(CC(=O)O)CC2)C(=O)N[C@@H](CCCCNC(=O)CCC(=O)NCCC[C@@H](NC(=O)CC[C@H](NC(=O)N[C@@H](CCC(=O)O)C(=O)O)C(=O)O)C(=O)O)C(=O)O)cc1)C(C)(C)C. The van der Waals surface area contributed by atoms with E-state index in [1.54, 1.807) is 9.80 Å². The zero-order valence-electron chi connectivity index (χ0n) is 55.4. The molecule has 0 spiro atoms. The third-order valence-electron chi connectivity index (χ3n) is 15.7. The van der Waals surface area contributed by atoms with Crippen molar-refractivity contribution in [2.75, 3.05) is 98.2 Å². The number of carbonyl (C=O) groups excluding carboxylic acids is 7. The summed E-state index contributed by atoms with van der Waals surface area (Å²) in [5.74, 6) is -15.7. The number of nitrogens with one attached hydrogen (secondary N) is 8. The normalized spacial score (nSPS) is 15.5. The lowest BCUT2D eigenvalue weighted by Crippen LogP contribution is -2.58. The number of hydrogen-bond acceptors (Lipinski definition) is 19. The molecule has 544 valence electrons. The molecule has 5 atom stereocenters. The van der Waals surface area contributed by atoms with Gasteiger partial charge in [0, 0.05) is 103 Å². The molecule has 0 aromatic heterocycles. The number of halogens is 1. The van der Waals surface area contributed by atoms with Crippen molar-refractivity contribution in [1.82, 2.24) is 62.1 Å². The average Bonchev–Trinajstić information content (AvgIpc) is 0.749. The van der Waals surface area contributed by atoms with Crippen molar-refractivity contribution in [2.45, 2.75) is 152 Å². The fourth-order valence-electron chi connectivity index (χ4n) is 10.7. The minimum absolute atomic E-state index is 0.00362. The fourth-order valence-corrected chi connectivity index (χ4v) is 15.3. The molecule has 1 heterocycles. The molecule has 1 aromatic rings. The molecule has 1 aromatic carbocycles. The maximum atomic E-state index is 17.1. The number of nitrogens with zero attached hydrogens (tertiary/aromatic N) is 4. The van der Waals surface area contributed by atoms with Gasteiger partial charge in [0.05, 0.1) is 26.2 Å². The standard InChI is InChI=1S/C60H95FN12O23Si/c1-59(2,3)97(61,60(4,5)6)38-14-12-37(13-15-38)52(86)64-32-43(66-47(77)33-70-24-26-71(34-49(80)81)28-30-73(36-51(84)85)31-29-72(27-25-70)35-50(82)83)53(87)67-40(55(90)91)10-7-8-22-62-44(74)19-20-45(75)63-23-9-11-39(54(88)89)65-46(76)18-16-41(56(92)93)68-58(96)69-42(57(94)95)17-21-48(78)79/h12-15,39-43H,7-11,16-36H2,1-6H3,(H,62,74)(H,63,75)(H,64,86)(H,65,76)(H,66,77)(H,67,87)(H,78,79)(H,80,81)(H,82,83)(H,84,85)(H,88,89)(H,90,91)(H,92,93)(H,94,95)(H2,68,69,96)/t39-,40+,41+,42+,43-/m1/s1. The predicted molar refractivity (Wildman–Crippen MR) is 343 cm³/mol. The summed E-state index contributed by atoms with van der Waals surface area (Å²) < 4.78 is 17.1. The van der Waals surface area contributed by atoms with Gasteiger partial charge in [-0.15, -0.1) is 0 Å². The highest BCUT2D eigenvalue weighted by atomic mass is 28.4. The number of urea groups is 1. The summed E-state index contributed by atoms with van der Waals surface area (Å²) in [6, 6.07) is -3.44. The zero-order valence-corrected chi connectivity index (χ0v) is 56.4. The van der Waals surface area contributed by atoms with Crippen LogP contribution in [0.4, 0.5) is 8.90 Å². The molecule has 35 nitrogen and oxygen atoms in total. The van der Waals surface area contributed by atoms with Gasteiger partial charge in [0.1, 0.15) is 30.2 Å². The number of hydrogen-bond donors (Lipinski definition) is 16. The summed E-state index contributed by atoms with van der Waals surface area (Å²) >= 11 is 0. The van der Waals surface area contributed by atoms with Gasteiger partial charge >= 0.3 is 53.8 Å². The molecular weight excluding hydrogens is 1300 g/mol. The van der Waals surface area contributed by atoms with E-state index in [-0.39, 0.29) is 123 Å². The van der Waals surface area contributed by atoms with Crippen LogP contribution in [0.2, 0.25) is 10.1 Å². The summed E-state index contributed by atoms with van der Waals surface area (Å²) in [6.07, 6.45) is -3.03. The van der Waals surface area contributed by atoms with Gasteiger partial charge in [0.2, 0.25) is 29.5 Å². The van der Waals surface area contributed by atoms with E-state index in [0.29, 0.717) is 5.19 Å². The first-order chi connectivity index (χ1) is 45.2. The van der Waals surface area contributed by atoms with Crippen molar-refractivity contribution in [1.29, 1.82) is 0 Å². The number of aliphatic carboxylic acids is 8.